The van der Waals surface area contributed by atoms with Crippen molar-refractivity contribution in [2.45, 2.75) is 149 Å². The highest BCUT2D eigenvalue weighted by Gasteiger charge is 2.43. The molecule has 2 N–H and O–H groups in total. The van der Waals surface area contributed by atoms with E-state index < -0.39 is 71.9 Å². The van der Waals surface area contributed by atoms with E-state index in [0.29, 0.717) is 52.1 Å². The van der Waals surface area contributed by atoms with Gasteiger partial charge in [-0.25, -0.2) is 9.59 Å². The summed E-state index contributed by atoms with van der Waals surface area (Å²) in [5.41, 5.74) is 0.267. The molecule has 17 nitrogen and oxygen atoms in total. The van der Waals surface area contributed by atoms with E-state index in [1.807, 2.05) is 105 Å². The second-order valence-corrected chi connectivity index (χ2v) is 19.8. The number of ether oxygens (including phenoxy) is 5. The first kappa shape index (κ1) is 58.8. The minimum absolute atomic E-state index is 0.0313. The Kier molecular flexibility index (Phi) is 24.8. The number of amides is 5. The maximum Gasteiger partial charge on any atom is 0.410 e. The van der Waals surface area contributed by atoms with Gasteiger partial charge in [-0.2, -0.15) is 0 Å². The molecule has 0 unspecified atom stereocenters. The normalized spacial score (nSPS) is 17.8. The molecule has 5 amide bonds. The van der Waals surface area contributed by atoms with Gasteiger partial charge in [0.15, 0.2) is 0 Å². The predicted octanol–water partition coefficient (Wildman–Crippen LogP) is 4.79. The SMILES string of the molecule is CC[C@H](C)[C@@H]([C@@H](CC(=O)N1CCC[C@H]1[C@H](OC)[C@@H](C)C(=O)N[C@@H](Cc1ccccc1)C(=O)OC)OC)N(C)C(=O)[C@@H](NC(=O)[C@H](C(C)C)N(C)CCOCCN(C)C(=O)OC(C)(C)C)C(C)C. The number of hydrogen-bond donors (Lipinski definition) is 2. The van der Waals surface area contributed by atoms with Gasteiger partial charge in [0.05, 0.1) is 63.0 Å². The first-order valence-corrected chi connectivity index (χ1v) is 24.0. The van der Waals surface area contributed by atoms with Gasteiger partial charge in [-0.15, -0.1) is 0 Å². The number of esters is 1. The van der Waals surface area contributed by atoms with Gasteiger partial charge in [0, 0.05) is 54.4 Å². The molecule has 2 rings (SSSR count). The highest BCUT2D eigenvalue weighted by atomic mass is 16.6. The van der Waals surface area contributed by atoms with E-state index in [4.69, 9.17) is 23.7 Å². The van der Waals surface area contributed by atoms with Crippen LogP contribution in [0.5, 0.6) is 0 Å². The number of nitrogens with one attached hydrogen (secondary N) is 2. The number of likely N-dealkylation sites (tertiary alicyclic amines) is 1. The summed E-state index contributed by atoms with van der Waals surface area (Å²) < 4.78 is 28.3. The monoisotopic (exact) mass is 947 g/mol. The highest BCUT2D eigenvalue weighted by molar-refractivity contribution is 5.90. The largest absolute Gasteiger partial charge is 0.467 e. The van der Waals surface area contributed by atoms with Crippen molar-refractivity contribution in [1.29, 1.82) is 0 Å². The van der Waals surface area contributed by atoms with E-state index in [-0.39, 0.29) is 48.3 Å². The molecule has 382 valence electrons. The van der Waals surface area contributed by atoms with Crippen molar-refractivity contribution in [3.8, 4) is 0 Å². The second kappa shape index (κ2) is 28.2. The fraction of sp³-hybridized carbons (Fsp3) is 0.760. The fourth-order valence-corrected chi connectivity index (χ4v) is 8.86. The van der Waals surface area contributed by atoms with Crippen molar-refractivity contribution in [3.05, 3.63) is 35.9 Å². The Balaban J connectivity index is 2.20. The number of benzene rings is 1. The first-order chi connectivity index (χ1) is 31.4. The summed E-state index contributed by atoms with van der Waals surface area (Å²) in [4.78, 5) is 88.7. The van der Waals surface area contributed by atoms with Crippen LogP contribution in [0.2, 0.25) is 0 Å². The van der Waals surface area contributed by atoms with Gasteiger partial charge in [-0.05, 0) is 64.0 Å². The van der Waals surface area contributed by atoms with Crippen molar-refractivity contribution in [3.63, 3.8) is 0 Å². The van der Waals surface area contributed by atoms with Gasteiger partial charge in [0.25, 0.3) is 0 Å². The average molecular weight is 947 g/mol. The Bertz CT molecular complexity index is 1710. The van der Waals surface area contributed by atoms with Crippen LogP contribution in [0.25, 0.3) is 0 Å². The summed E-state index contributed by atoms with van der Waals surface area (Å²) in [7, 11) is 9.55. The van der Waals surface area contributed by atoms with Gasteiger partial charge >= 0.3 is 12.1 Å². The number of rotatable bonds is 27. The Morgan fingerprint density at radius 1 is 0.836 bits per heavy atom. The Labute approximate surface area is 401 Å². The molecule has 0 bridgehead atoms. The van der Waals surface area contributed by atoms with Crippen molar-refractivity contribution in [1.82, 2.24) is 30.2 Å². The van der Waals surface area contributed by atoms with Crippen LogP contribution in [0.4, 0.5) is 4.79 Å². The molecule has 0 aromatic heterocycles. The average Bonchev–Trinajstić information content (AvgIpc) is 3.76. The molecule has 0 spiro atoms. The Morgan fingerprint density at radius 2 is 1.46 bits per heavy atom. The molecular weight excluding hydrogens is 861 g/mol. The van der Waals surface area contributed by atoms with Gasteiger partial charge in [0.1, 0.15) is 17.7 Å². The number of hydrogen-bond acceptors (Lipinski definition) is 12. The topological polar surface area (TPSA) is 186 Å². The smallest absolute Gasteiger partial charge is 0.410 e. The van der Waals surface area contributed by atoms with Crippen LogP contribution >= 0.6 is 0 Å². The minimum atomic E-state index is -0.911. The molecule has 0 aliphatic carbocycles. The molecule has 1 fully saturated rings. The molecule has 9 atom stereocenters. The van der Waals surface area contributed by atoms with E-state index in [2.05, 4.69) is 10.6 Å². The number of methoxy groups -OCH3 is 3. The summed E-state index contributed by atoms with van der Waals surface area (Å²) in [5.74, 6) is -2.89. The van der Waals surface area contributed by atoms with E-state index >= 15 is 0 Å². The van der Waals surface area contributed by atoms with E-state index in [0.717, 1.165) is 5.56 Å². The maximum atomic E-state index is 14.6. The standard InChI is InChI=1S/C50H86N6O11/c1-17-34(6)43(55(13)47(60)41(32(2)3)52-46(59)42(33(4)5)53(11)26-28-66-29-27-54(12)49(62)67-50(8,9)10)39(63-14)31-40(57)56-25-21-24-38(56)44(64-15)35(7)45(58)51-37(48(61)65-16)30-36-22-19-18-20-23-36/h18-20,22-23,32-35,37-39,41-44H,17,21,24-31H2,1-16H3,(H,51,58)(H,52,59)/t34-,35+,37-,38-,39+,41-,42-,43-,44+/m0/s1. The van der Waals surface area contributed by atoms with Crippen molar-refractivity contribution in [2.75, 3.05) is 75.3 Å². The van der Waals surface area contributed by atoms with Gasteiger partial charge in [-0.1, -0.05) is 85.2 Å². The second-order valence-electron chi connectivity index (χ2n) is 19.8. The van der Waals surface area contributed by atoms with Crippen LogP contribution in [0.1, 0.15) is 100 Å². The molecule has 0 radical (unpaired) electrons. The van der Waals surface area contributed by atoms with Crippen LogP contribution in [-0.4, -0.2) is 179 Å². The highest BCUT2D eigenvalue weighted by Crippen LogP contribution is 2.30. The van der Waals surface area contributed by atoms with E-state index in [1.54, 1.807) is 37.9 Å². The number of carbonyl (C=O) groups excluding carboxylic acids is 6. The molecule has 1 aromatic rings. The third-order valence-corrected chi connectivity index (χ3v) is 12.8. The third kappa shape index (κ3) is 17.9. The zero-order valence-electron chi connectivity index (χ0n) is 43.6. The predicted molar refractivity (Wildman–Crippen MR) is 258 cm³/mol. The first-order valence-electron chi connectivity index (χ1n) is 24.0. The quantitative estimate of drug-likeness (QED) is 0.0910. The summed E-state index contributed by atoms with van der Waals surface area (Å²) in [6.07, 6.45) is 0.428. The Morgan fingerprint density at radius 3 is 2.00 bits per heavy atom. The lowest BCUT2D eigenvalue weighted by molar-refractivity contribution is -0.149. The third-order valence-electron chi connectivity index (χ3n) is 12.8. The summed E-state index contributed by atoms with van der Waals surface area (Å²) >= 11 is 0. The molecule has 67 heavy (non-hydrogen) atoms. The van der Waals surface area contributed by atoms with Gasteiger partial charge < -0.3 is 49.0 Å². The number of likely N-dealkylation sites (N-methyl/N-ethyl adjacent to an activating group) is 3. The molecular formula is C50H86N6O11. The molecule has 1 aliphatic heterocycles. The molecule has 0 saturated carbocycles. The van der Waals surface area contributed by atoms with Crippen molar-refractivity contribution < 1.29 is 52.5 Å². The Hall–Kier alpha value is -4.32. The van der Waals surface area contributed by atoms with Crippen LogP contribution in [0.15, 0.2) is 30.3 Å². The lowest BCUT2D eigenvalue weighted by Gasteiger charge is -2.41. The van der Waals surface area contributed by atoms with Crippen molar-refractivity contribution in [2.24, 2.45) is 23.7 Å². The van der Waals surface area contributed by atoms with E-state index in [1.165, 1.54) is 19.1 Å². The van der Waals surface area contributed by atoms with E-state index in [9.17, 15) is 28.8 Å². The zero-order chi connectivity index (χ0) is 50.8. The molecule has 17 heteroatoms. The zero-order valence-corrected chi connectivity index (χ0v) is 43.6. The molecule has 1 heterocycles. The van der Waals surface area contributed by atoms with Crippen molar-refractivity contribution >= 4 is 35.7 Å². The maximum absolute atomic E-state index is 14.6. The summed E-state index contributed by atoms with van der Waals surface area (Å²) in [6, 6.07) is 6.06. The van der Waals surface area contributed by atoms with Gasteiger partial charge in [-0.3, -0.25) is 24.1 Å². The number of carbonyl (C=O) groups is 6. The summed E-state index contributed by atoms with van der Waals surface area (Å²) in [6.45, 7) is 20.8. The lowest BCUT2D eigenvalue weighted by atomic mass is 9.89. The summed E-state index contributed by atoms with van der Waals surface area (Å²) in [5, 5.41) is 5.94. The molecule has 1 saturated heterocycles. The van der Waals surface area contributed by atoms with Crippen LogP contribution in [-0.2, 0) is 54.1 Å². The van der Waals surface area contributed by atoms with Crippen LogP contribution < -0.4 is 10.6 Å². The number of nitrogens with zero attached hydrogens (tertiary/aromatic N) is 4. The lowest BCUT2D eigenvalue weighted by Crippen LogP contribution is -2.60. The molecule has 1 aliphatic rings. The van der Waals surface area contributed by atoms with Crippen LogP contribution in [0, 0.1) is 23.7 Å². The fourth-order valence-electron chi connectivity index (χ4n) is 8.86. The minimum Gasteiger partial charge on any atom is -0.467 e. The molecule has 1 aromatic carbocycles. The van der Waals surface area contributed by atoms with Gasteiger partial charge in [0.2, 0.25) is 23.6 Å². The van der Waals surface area contributed by atoms with Crippen LogP contribution in [0.3, 0.4) is 0 Å².